The number of benzene rings is 1. The van der Waals surface area contributed by atoms with Crippen molar-refractivity contribution < 1.29 is 9.53 Å². The van der Waals surface area contributed by atoms with Gasteiger partial charge in [-0.1, -0.05) is 18.2 Å². The van der Waals surface area contributed by atoms with Gasteiger partial charge < -0.3 is 9.64 Å². The molecule has 1 fully saturated rings. The van der Waals surface area contributed by atoms with Crippen molar-refractivity contribution in [2.75, 3.05) is 6.61 Å². The number of amides is 1. The normalized spacial score (nSPS) is 19.2. The maximum atomic E-state index is 12.2. The molecule has 20 heavy (non-hydrogen) atoms. The van der Waals surface area contributed by atoms with Crippen molar-refractivity contribution in [2.45, 2.75) is 31.8 Å². The highest BCUT2D eigenvalue weighted by atomic mass is 16.5. The number of hydrogen-bond donors (Lipinski definition) is 0. The number of para-hydroxylation sites is 1. The highest BCUT2D eigenvalue weighted by molar-refractivity contribution is 5.82. The summed E-state index contributed by atoms with van der Waals surface area (Å²) in [6.45, 7) is 0.728. The summed E-state index contributed by atoms with van der Waals surface area (Å²) in [5, 5.41) is 1.10. The van der Waals surface area contributed by atoms with Gasteiger partial charge in [-0.3, -0.25) is 4.79 Å². The van der Waals surface area contributed by atoms with E-state index in [1.165, 1.54) is 6.42 Å². The average Bonchev–Trinajstić information content (AvgIpc) is 2.55. The van der Waals surface area contributed by atoms with Gasteiger partial charge in [-0.25, -0.2) is 4.98 Å². The van der Waals surface area contributed by atoms with Crippen LogP contribution in [0.1, 0.15) is 24.8 Å². The molecule has 2 aromatic rings. The molecule has 4 heteroatoms. The minimum Gasteiger partial charge on any atom is -0.467 e. The van der Waals surface area contributed by atoms with Crippen molar-refractivity contribution in [1.82, 2.24) is 9.88 Å². The molecule has 1 aliphatic heterocycles. The monoisotopic (exact) mass is 268 g/mol. The lowest BCUT2D eigenvalue weighted by Crippen LogP contribution is -2.44. The van der Waals surface area contributed by atoms with Crippen LogP contribution in [0.15, 0.2) is 30.3 Å². The standard InChI is InChI=1S/C16H16N2O2/c19-15-10-20-16-12(9-18(15)13-5-3-6-13)8-11-4-1-2-7-14(11)17-16/h1-2,4,7-8,13H,3,5-6,9-10H2. The zero-order chi connectivity index (χ0) is 13.5. The molecule has 0 spiro atoms. The fourth-order valence-electron chi connectivity index (χ4n) is 2.90. The first-order valence-corrected chi connectivity index (χ1v) is 7.12. The third-order valence-corrected chi connectivity index (χ3v) is 4.27. The van der Waals surface area contributed by atoms with E-state index < -0.39 is 0 Å². The van der Waals surface area contributed by atoms with Gasteiger partial charge in [0.05, 0.1) is 12.1 Å². The highest BCUT2D eigenvalue weighted by Gasteiger charge is 2.32. The molecule has 2 heterocycles. The van der Waals surface area contributed by atoms with Crippen molar-refractivity contribution >= 4 is 16.8 Å². The van der Waals surface area contributed by atoms with Gasteiger partial charge in [-0.2, -0.15) is 0 Å². The van der Waals surface area contributed by atoms with Crippen LogP contribution >= 0.6 is 0 Å². The molecule has 1 amide bonds. The van der Waals surface area contributed by atoms with E-state index in [1.807, 2.05) is 29.2 Å². The second-order valence-corrected chi connectivity index (χ2v) is 5.54. The van der Waals surface area contributed by atoms with Gasteiger partial charge in [-0.15, -0.1) is 0 Å². The summed E-state index contributed by atoms with van der Waals surface area (Å²) < 4.78 is 5.62. The molecule has 0 atom stereocenters. The Morgan fingerprint density at radius 3 is 2.90 bits per heavy atom. The fourth-order valence-corrected chi connectivity index (χ4v) is 2.90. The lowest BCUT2D eigenvalue weighted by atomic mass is 9.91. The maximum Gasteiger partial charge on any atom is 0.261 e. The van der Waals surface area contributed by atoms with Crippen LogP contribution in [-0.2, 0) is 11.3 Å². The molecule has 0 radical (unpaired) electrons. The highest BCUT2D eigenvalue weighted by Crippen LogP contribution is 2.31. The van der Waals surface area contributed by atoms with E-state index in [2.05, 4.69) is 11.1 Å². The Bertz CT molecular complexity index is 679. The Labute approximate surface area is 117 Å². The molecule has 102 valence electrons. The molecule has 1 saturated carbocycles. The van der Waals surface area contributed by atoms with Crippen LogP contribution in [0, 0.1) is 0 Å². The van der Waals surface area contributed by atoms with Gasteiger partial charge in [0.15, 0.2) is 6.61 Å². The van der Waals surface area contributed by atoms with Crippen LogP contribution in [0.4, 0.5) is 0 Å². The van der Waals surface area contributed by atoms with E-state index in [1.54, 1.807) is 0 Å². The molecular weight excluding hydrogens is 252 g/mol. The summed E-state index contributed by atoms with van der Waals surface area (Å²) in [5.74, 6) is 0.690. The molecule has 0 bridgehead atoms. The molecule has 1 aliphatic carbocycles. The quantitative estimate of drug-likeness (QED) is 0.798. The number of fused-ring (bicyclic) bond motifs is 2. The lowest BCUT2D eigenvalue weighted by Gasteiger charge is -2.36. The van der Waals surface area contributed by atoms with Gasteiger partial charge in [0, 0.05) is 17.0 Å². The summed E-state index contributed by atoms with van der Waals surface area (Å²) in [7, 11) is 0. The lowest BCUT2D eigenvalue weighted by molar-refractivity contribution is -0.137. The van der Waals surface area contributed by atoms with E-state index in [-0.39, 0.29) is 12.5 Å². The van der Waals surface area contributed by atoms with Crippen LogP contribution < -0.4 is 4.74 Å². The van der Waals surface area contributed by atoms with Crippen LogP contribution in [0.5, 0.6) is 5.88 Å². The van der Waals surface area contributed by atoms with Crippen LogP contribution in [0.3, 0.4) is 0 Å². The van der Waals surface area contributed by atoms with E-state index in [4.69, 9.17) is 4.74 Å². The number of pyridine rings is 1. The minimum atomic E-state index is 0.0803. The topological polar surface area (TPSA) is 42.4 Å². The zero-order valence-corrected chi connectivity index (χ0v) is 11.2. The van der Waals surface area contributed by atoms with E-state index in [0.717, 1.165) is 29.3 Å². The van der Waals surface area contributed by atoms with E-state index in [9.17, 15) is 4.79 Å². The number of rotatable bonds is 1. The Morgan fingerprint density at radius 1 is 1.25 bits per heavy atom. The van der Waals surface area contributed by atoms with Gasteiger partial charge in [-0.05, 0) is 31.4 Å². The first-order valence-electron chi connectivity index (χ1n) is 7.12. The summed E-state index contributed by atoms with van der Waals surface area (Å²) in [6, 6.07) is 10.5. The van der Waals surface area contributed by atoms with Crippen molar-refractivity contribution in [3.8, 4) is 5.88 Å². The molecule has 2 aliphatic rings. The predicted octanol–water partition coefficient (Wildman–Crippen LogP) is 2.51. The number of ether oxygens (including phenoxy) is 1. The molecule has 0 saturated heterocycles. The SMILES string of the molecule is O=C1COc2nc3ccccc3cc2CN1C1CCC1. The van der Waals surface area contributed by atoms with Gasteiger partial charge in [0.2, 0.25) is 5.88 Å². The molecule has 0 N–H and O–H groups in total. The van der Waals surface area contributed by atoms with Gasteiger partial charge >= 0.3 is 0 Å². The Balaban J connectivity index is 1.76. The third kappa shape index (κ3) is 1.83. The van der Waals surface area contributed by atoms with Crippen LogP contribution in [0.25, 0.3) is 10.9 Å². The number of hydrogen-bond acceptors (Lipinski definition) is 3. The van der Waals surface area contributed by atoms with Crippen molar-refractivity contribution in [3.63, 3.8) is 0 Å². The van der Waals surface area contributed by atoms with E-state index in [0.29, 0.717) is 18.5 Å². The number of aromatic nitrogens is 1. The second kappa shape index (κ2) is 4.47. The van der Waals surface area contributed by atoms with Gasteiger partial charge in [0.25, 0.3) is 5.91 Å². The molecule has 4 rings (SSSR count). The molecular formula is C16H16N2O2. The largest absolute Gasteiger partial charge is 0.467 e. The molecule has 1 aromatic heterocycles. The summed E-state index contributed by atoms with van der Waals surface area (Å²) in [4.78, 5) is 18.7. The van der Waals surface area contributed by atoms with Crippen molar-refractivity contribution in [3.05, 3.63) is 35.9 Å². The summed E-state index contributed by atoms with van der Waals surface area (Å²) >= 11 is 0. The zero-order valence-electron chi connectivity index (χ0n) is 11.2. The summed E-state index contributed by atoms with van der Waals surface area (Å²) in [5.41, 5.74) is 1.93. The minimum absolute atomic E-state index is 0.0803. The fraction of sp³-hybridized carbons (Fsp3) is 0.375. The predicted molar refractivity (Wildman–Crippen MR) is 75.4 cm³/mol. The number of nitrogens with zero attached hydrogens (tertiary/aromatic N) is 2. The number of carbonyl (C=O) groups excluding carboxylic acids is 1. The molecule has 1 aromatic carbocycles. The Morgan fingerprint density at radius 2 is 2.10 bits per heavy atom. The first kappa shape index (κ1) is 11.7. The maximum absolute atomic E-state index is 12.2. The van der Waals surface area contributed by atoms with E-state index >= 15 is 0 Å². The smallest absolute Gasteiger partial charge is 0.261 e. The van der Waals surface area contributed by atoms with Crippen LogP contribution in [0.2, 0.25) is 0 Å². The Hall–Kier alpha value is -2.10. The Kier molecular flexibility index (Phi) is 2.62. The van der Waals surface area contributed by atoms with Gasteiger partial charge in [0.1, 0.15) is 0 Å². The third-order valence-electron chi connectivity index (χ3n) is 4.27. The van der Waals surface area contributed by atoms with Crippen molar-refractivity contribution in [1.29, 1.82) is 0 Å². The summed E-state index contributed by atoms with van der Waals surface area (Å²) in [6.07, 6.45) is 3.45. The molecule has 4 nitrogen and oxygen atoms in total. The molecule has 0 unspecified atom stereocenters. The van der Waals surface area contributed by atoms with Crippen molar-refractivity contribution in [2.24, 2.45) is 0 Å². The second-order valence-electron chi connectivity index (χ2n) is 5.54. The van der Waals surface area contributed by atoms with Crippen LogP contribution in [-0.4, -0.2) is 28.4 Å². The first-order chi connectivity index (χ1) is 9.81. The number of carbonyl (C=O) groups is 1. The average molecular weight is 268 g/mol.